The van der Waals surface area contributed by atoms with Crippen LogP contribution >= 0.6 is 0 Å². The lowest BCUT2D eigenvalue weighted by molar-refractivity contribution is -0.401. The molecule has 0 saturated carbocycles. The van der Waals surface area contributed by atoms with Crippen molar-refractivity contribution in [1.29, 1.82) is 0 Å². The Hall–Kier alpha value is -2.78. The average Bonchev–Trinajstić information content (AvgIpc) is 2.98. The topological polar surface area (TPSA) is 131 Å². The SMILES string of the molecule is CCN(N=O)c1n[nH]c(-c2ccc([N+](=O)[O-])o2)n1. The van der Waals surface area contributed by atoms with Gasteiger partial charge in [-0.1, -0.05) is 0 Å². The average molecular weight is 252 g/mol. The van der Waals surface area contributed by atoms with Gasteiger partial charge in [0.25, 0.3) is 5.95 Å². The number of rotatable bonds is 5. The number of nitroso groups, excluding NO2 is 1. The van der Waals surface area contributed by atoms with Crippen LogP contribution in [0.1, 0.15) is 6.92 Å². The van der Waals surface area contributed by atoms with Gasteiger partial charge in [0.1, 0.15) is 4.92 Å². The molecule has 0 bridgehead atoms. The quantitative estimate of drug-likeness (QED) is 0.484. The van der Waals surface area contributed by atoms with Crippen molar-refractivity contribution in [3.05, 3.63) is 27.2 Å². The second-order valence-corrected chi connectivity index (χ2v) is 3.18. The first kappa shape index (κ1) is 11.7. The molecule has 2 rings (SSSR count). The van der Waals surface area contributed by atoms with Crippen LogP contribution in [0.25, 0.3) is 11.6 Å². The van der Waals surface area contributed by atoms with E-state index in [2.05, 4.69) is 20.5 Å². The molecule has 0 aliphatic carbocycles. The van der Waals surface area contributed by atoms with Crippen molar-refractivity contribution in [1.82, 2.24) is 15.2 Å². The van der Waals surface area contributed by atoms with Gasteiger partial charge in [0.2, 0.25) is 0 Å². The number of hydrogen-bond donors (Lipinski definition) is 1. The lowest BCUT2D eigenvalue weighted by atomic mass is 10.4. The minimum atomic E-state index is -0.661. The van der Waals surface area contributed by atoms with Gasteiger partial charge < -0.3 is 4.42 Å². The van der Waals surface area contributed by atoms with Gasteiger partial charge in [0.15, 0.2) is 11.6 Å². The molecule has 0 fully saturated rings. The normalized spacial score (nSPS) is 10.3. The van der Waals surface area contributed by atoms with E-state index in [1.165, 1.54) is 12.1 Å². The van der Waals surface area contributed by atoms with Crippen molar-refractivity contribution in [3.63, 3.8) is 0 Å². The molecule has 0 amide bonds. The Bertz CT molecular complexity index is 576. The van der Waals surface area contributed by atoms with E-state index in [0.29, 0.717) is 6.54 Å². The number of anilines is 1. The van der Waals surface area contributed by atoms with E-state index in [0.717, 1.165) is 5.01 Å². The van der Waals surface area contributed by atoms with Crippen LogP contribution in [0.15, 0.2) is 21.8 Å². The van der Waals surface area contributed by atoms with Gasteiger partial charge in [0, 0.05) is 6.54 Å². The third-order valence-corrected chi connectivity index (χ3v) is 2.11. The van der Waals surface area contributed by atoms with Gasteiger partial charge in [-0.3, -0.25) is 15.2 Å². The fourth-order valence-corrected chi connectivity index (χ4v) is 1.27. The summed E-state index contributed by atoms with van der Waals surface area (Å²) in [4.78, 5) is 24.2. The zero-order valence-electron chi connectivity index (χ0n) is 9.23. The molecule has 1 N–H and O–H groups in total. The first-order chi connectivity index (χ1) is 8.65. The highest BCUT2D eigenvalue weighted by molar-refractivity contribution is 5.50. The number of aromatic amines is 1. The van der Waals surface area contributed by atoms with Crippen molar-refractivity contribution < 1.29 is 9.34 Å². The lowest BCUT2D eigenvalue weighted by Crippen LogP contribution is -2.15. The fraction of sp³-hybridized carbons (Fsp3) is 0.250. The summed E-state index contributed by atoms with van der Waals surface area (Å²) in [5.74, 6) is 0.00738. The zero-order valence-corrected chi connectivity index (χ0v) is 9.23. The Labute approximate surface area is 99.7 Å². The van der Waals surface area contributed by atoms with Crippen molar-refractivity contribution in [2.24, 2.45) is 5.29 Å². The first-order valence-corrected chi connectivity index (χ1v) is 4.93. The Morgan fingerprint density at radius 1 is 1.61 bits per heavy atom. The summed E-state index contributed by atoms with van der Waals surface area (Å²) in [6.45, 7) is 2.01. The molecular formula is C8H8N6O4. The predicted octanol–water partition coefficient (Wildman–Crippen LogP) is 1.48. The molecule has 18 heavy (non-hydrogen) atoms. The summed E-state index contributed by atoms with van der Waals surface area (Å²) >= 11 is 0. The Morgan fingerprint density at radius 2 is 2.39 bits per heavy atom. The third-order valence-electron chi connectivity index (χ3n) is 2.11. The highest BCUT2D eigenvalue weighted by Crippen LogP contribution is 2.24. The van der Waals surface area contributed by atoms with Crippen molar-refractivity contribution >= 4 is 11.8 Å². The smallest absolute Gasteiger partial charge is 0.397 e. The van der Waals surface area contributed by atoms with E-state index in [-0.39, 0.29) is 17.5 Å². The largest absolute Gasteiger partial charge is 0.433 e. The van der Waals surface area contributed by atoms with E-state index < -0.39 is 10.8 Å². The second kappa shape index (κ2) is 4.61. The maximum atomic E-state index is 10.5. The number of hydrogen-bond acceptors (Lipinski definition) is 7. The second-order valence-electron chi connectivity index (χ2n) is 3.18. The first-order valence-electron chi connectivity index (χ1n) is 4.93. The van der Waals surface area contributed by atoms with Crippen LogP contribution < -0.4 is 5.01 Å². The number of nitro groups is 1. The van der Waals surface area contributed by atoms with Crippen LogP contribution in [0.4, 0.5) is 11.8 Å². The number of nitrogens with zero attached hydrogens (tertiary/aromatic N) is 5. The van der Waals surface area contributed by atoms with E-state index in [9.17, 15) is 15.0 Å². The molecule has 2 aromatic rings. The molecule has 0 aromatic carbocycles. The van der Waals surface area contributed by atoms with Crippen LogP contribution in [0, 0.1) is 15.0 Å². The summed E-state index contributed by atoms with van der Waals surface area (Å²) in [5, 5.41) is 20.5. The molecule has 94 valence electrons. The van der Waals surface area contributed by atoms with E-state index >= 15 is 0 Å². The molecule has 0 unspecified atom stereocenters. The Kier molecular flexibility index (Phi) is 3.00. The van der Waals surface area contributed by atoms with Crippen molar-refractivity contribution in [3.8, 4) is 11.6 Å². The standard InChI is InChI=1S/C8H8N6O4/c1-2-13(12-15)8-9-7(10-11-8)5-3-4-6(18-5)14(16)17/h3-4H,2H2,1H3,(H,9,10,11). The van der Waals surface area contributed by atoms with E-state index in [4.69, 9.17) is 4.42 Å². The molecule has 0 spiro atoms. The van der Waals surface area contributed by atoms with Gasteiger partial charge in [-0.25, -0.2) is 0 Å². The molecule has 0 saturated heterocycles. The molecule has 2 aromatic heterocycles. The maximum absolute atomic E-state index is 10.5. The molecule has 2 heterocycles. The highest BCUT2D eigenvalue weighted by Gasteiger charge is 2.17. The predicted molar refractivity (Wildman–Crippen MR) is 59.6 cm³/mol. The molecule has 0 atom stereocenters. The summed E-state index contributed by atoms with van der Waals surface area (Å²) in [7, 11) is 0. The molecule has 10 heteroatoms. The molecular weight excluding hydrogens is 244 g/mol. The lowest BCUT2D eigenvalue weighted by Gasteiger charge is -2.04. The number of H-pyrrole nitrogens is 1. The van der Waals surface area contributed by atoms with Crippen LogP contribution in [0.2, 0.25) is 0 Å². The third kappa shape index (κ3) is 2.03. The number of furan rings is 1. The van der Waals surface area contributed by atoms with Gasteiger partial charge in [-0.15, -0.1) is 10.0 Å². The Morgan fingerprint density at radius 3 is 2.94 bits per heavy atom. The van der Waals surface area contributed by atoms with E-state index in [1.54, 1.807) is 6.92 Å². The number of aromatic nitrogens is 3. The highest BCUT2D eigenvalue weighted by atomic mass is 16.6. The van der Waals surface area contributed by atoms with Crippen LogP contribution in [-0.2, 0) is 0 Å². The number of nitrogens with one attached hydrogen (secondary N) is 1. The fourth-order valence-electron chi connectivity index (χ4n) is 1.27. The summed E-state index contributed by atoms with van der Waals surface area (Å²) in [5.41, 5.74) is 0. The van der Waals surface area contributed by atoms with Crippen molar-refractivity contribution in [2.75, 3.05) is 11.6 Å². The maximum Gasteiger partial charge on any atom is 0.433 e. The van der Waals surface area contributed by atoms with Gasteiger partial charge in [-0.05, 0) is 13.0 Å². The van der Waals surface area contributed by atoms with Gasteiger partial charge in [0.05, 0.1) is 11.4 Å². The minimum absolute atomic E-state index is 0.0709. The van der Waals surface area contributed by atoms with Gasteiger partial charge in [-0.2, -0.15) is 9.99 Å². The Balaban J connectivity index is 2.28. The molecule has 0 radical (unpaired) electrons. The van der Waals surface area contributed by atoms with Crippen LogP contribution in [0.3, 0.4) is 0 Å². The summed E-state index contributed by atoms with van der Waals surface area (Å²) in [6.07, 6.45) is 0. The monoisotopic (exact) mass is 252 g/mol. The van der Waals surface area contributed by atoms with Gasteiger partial charge >= 0.3 is 5.88 Å². The molecule has 0 aliphatic rings. The van der Waals surface area contributed by atoms with E-state index in [1.807, 2.05) is 0 Å². The summed E-state index contributed by atoms with van der Waals surface area (Å²) in [6, 6.07) is 2.58. The van der Waals surface area contributed by atoms with Crippen LogP contribution in [-0.4, -0.2) is 26.6 Å². The molecule has 10 nitrogen and oxygen atoms in total. The summed E-state index contributed by atoms with van der Waals surface area (Å²) < 4.78 is 4.93. The van der Waals surface area contributed by atoms with Crippen LogP contribution in [0.5, 0.6) is 0 Å². The minimum Gasteiger partial charge on any atom is -0.397 e. The van der Waals surface area contributed by atoms with Crippen molar-refractivity contribution in [2.45, 2.75) is 6.92 Å². The zero-order chi connectivity index (χ0) is 13.1. The molecule has 0 aliphatic heterocycles.